The Labute approximate surface area is 167 Å². The van der Waals surface area contributed by atoms with Crippen LogP contribution in [0.4, 0.5) is 22.7 Å². The molecular weight excluding hydrogens is 376 g/mol. The molecule has 0 bridgehead atoms. The molecule has 3 N–H and O–H groups in total. The Bertz CT molecular complexity index is 910. The van der Waals surface area contributed by atoms with Gasteiger partial charge in [-0.25, -0.2) is 0 Å². The molecule has 0 radical (unpaired) electrons. The topological polar surface area (TPSA) is 123 Å². The van der Waals surface area contributed by atoms with Crippen LogP contribution in [0.2, 0.25) is 0 Å². The second kappa shape index (κ2) is 9.16. The molecule has 0 aromatic heterocycles. The summed E-state index contributed by atoms with van der Waals surface area (Å²) in [6.07, 6.45) is 1.84. The highest BCUT2D eigenvalue weighted by atomic mass is 16.6. The third-order valence-corrected chi connectivity index (χ3v) is 4.44. The molecule has 1 fully saturated rings. The number of carbonyl (C=O) groups excluding carboxylic acids is 2. The number of methoxy groups -OCH3 is 1. The number of nitro groups is 1. The molecule has 9 heteroatoms. The molecule has 152 valence electrons. The summed E-state index contributed by atoms with van der Waals surface area (Å²) in [5, 5.41) is 19.7. The molecule has 0 heterocycles. The summed E-state index contributed by atoms with van der Waals surface area (Å²) in [5.41, 5.74) is 1.61. The predicted molar refractivity (Wildman–Crippen MR) is 109 cm³/mol. The van der Waals surface area contributed by atoms with Gasteiger partial charge >= 0.3 is 0 Å². The van der Waals surface area contributed by atoms with Crippen LogP contribution in [-0.2, 0) is 9.53 Å². The van der Waals surface area contributed by atoms with Crippen LogP contribution in [-0.4, -0.2) is 37.0 Å². The summed E-state index contributed by atoms with van der Waals surface area (Å²) in [6, 6.07) is 10.8. The van der Waals surface area contributed by atoms with Crippen molar-refractivity contribution < 1.29 is 19.2 Å². The van der Waals surface area contributed by atoms with Crippen molar-refractivity contribution in [3.63, 3.8) is 0 Å². The van der Waals surface area contributed by atoms with Gasteiger partial charge in [-0.05, 0) is 43.2 Å². The van der Waals surface area contributed by atoms with Crippen LogP contribution in [0, 0.1) is 16.0 Å². The Morgan fingerprint density at radius 1 is 1.10 bits per heavy atom. The van der Waals surface area contributed by atoms with Gasteiger partial charge in [0.1, 0.15) is 0 Å². The van der Waals surface area contributed by atoms with E-state index in [2.05, 4.69) is 16.0 Å². The molecule has 3 rings (SSSR count). The van der Waals surface area contributed by atoms with E-state index in [0.29, 0.717) is 30.2 Å². The van der Waals surface area contributed by atoms with E-state index in [9.17, 15) is 19.7 Å². The number of hydrogen-bond donors (Lipinski definition) is 3. The number of nitro benzene ring substituents is 1. The minimum atomic E-state index is -0.549. The maximum absolute atomic E-state index is 12.7. The smallest absolute Gasteiger partial charge is 0.270 e. The summed E-state index contributed by atoms with van der Waals surface area (Å²) in [4.78, 5) is 35.1. The van der Waals surface area contributed by atoms with Gasteiger partial charge in [0.2, 0.25) is 5.91 Å². The van der Waals surface area contributed by atoms with Crippen LogP contribution >= 0.6 is 0 Å². The fourth-order valence-corrected chi connectivity index (χ4v) is 2.70. The van der Waals surface area contributed by atoms with Gasteiger partial charge in [0.15, 0.2) is 0 Å². The molecule has 2 aromatic carbocycles. The van der Waals surface area contributed by atoms with Crippen LogP contribution in [0.15, 0.2) is 42.5 Å². The molecule has 0 spiro atoms. The molecule has 2 aromatic rings. The number of ether oxygens (including phenoxy) is 1. The molecule has 0 aliphatic heterocycles. The molecular formula is C20H22N4O5. The number of carbonyl (C=O) groups is 2. The van der Waals surface area contributed by atoms with Crippen molar-refractivity contribution in [1.29, 1.82) is 0 Å². The second-order valence-electron chi connectivity index (χ2n) is 6.70. The first-order chi connectivity index (χ1) is 14.0. The van der Waals surface area contributed by atoms with Crippen molar-refractivity contribution in [2.45, 2.75) is 12.8 Å². The number of non-ortho nitro benzene ring substituents is 1. The highest BCUT2D eigenvalue weighted by molar-refractivity contribution is 6.08. The first kappa shape index (κ1) is 20.3. The first-order valence-electron chi connectivity index (χ1n) is 9.21. The van der Waals surface area contributed by atoms with Crippen LogP contribution in [0.1, 0.15) is 23.2 Å². The van der Waals surface area contributed by atoms with Crippen molar-refractivity contribution in [1.82, 2.24) is 0 Å². The van der Waals surface area contributed by atoms with Gasteiger partial charge in [-0.2, -0.15) is 0 Å². The number of amides is 2. The van der Waals surface area contributed by atoms with E-state index in [0.717, 1.165) is 12.8 Å². The van der Waals surface area contributed by atoms with Gasteiger partial charge < -0.3 is 20.7 Å². The number of anilines is 3. The lowest BCUT2D eigenvalue weighted by molar-refractivity contribution is -0.384. The Kier molecular flexibility index (Phi) is 6.40. The average molecular weight is 398 g/mol. The number of hydrogen-bond acceptors (Lipinski definition) is 6. The molecule has 0 atom stereocenters. The standard InChI is InChI=1S/C20H22N4O5/c1-29-11-10-21-18-9-8-16(24(27)28)12-17(18)20(26)23-15-6-4-14(5-7-15)22-19(25)13-2-3-13/h4-9,12-13,21H,2-3,10-11H2,1H3,(H,22,25)(H,23,26). The summed E-state index contributed by atoms with van der Waals surface area (Å²) in [6.45, 7) is 0.871. The van der Waals surface area contributed by atoms with Crippen molar-refractivity contribution in [3.8, 4) is 0 Å². The van der Waals surface area contributed by atoms with Crippen LogP contribution in [0.3, 0.4) is 0 Å². The van der Waals surface area contributed by atoms with Gasteiger partial charge in [-0.15, -0.1) is 0 Å². The zero-order chi connectivity index (χ0) is 20.8. The molecule has 2 amide bonds. The van der Waals surface area contributed by atoms with Crippen LogP contribution in [0.5, 0.6) is 0 Å². The maximum atomic E-state index is 12.7. The van der Waals surface area contributed by atoms with Crippen molar-refractivity contribution in [3.05, 3.63) is 58.1 Å². The summed E-state index contributed by atoms with van der Waals surface area (Å²) < 4.78 is 4.98. The largest absolute Gasteiger partial charge is 0.383 e. The zero-order valence-electron chi connectivity index (χ0n) is 15.9. The van der Waals surface area contributed by atoms with E-state index >= 15 is 0 Å². The Balaban J connectivity index is 1.71. The van der Waals surface area contributed by atoms with Gasteiger partial charge in [-0.1, -0.05) is 0 Å². The number of benzene rings is 2. The summed E-state index contributed by atoms with van der Waals surface area (Å²) in [5.74, 6) is -0.374. The Hall–Kier alpha value is -3.46. The van der Waals surface area contributed by atoms with E-state index in [1.165, 1.54) is 18.2 Å². The molecule has 1 saturated carbocycles. The quantitative estimate of drug-likeness (QED) is 0.338. The molecule has 1 aliphatic rings. The zero-order valence-corrected chi connectivity index (χ0v) is 15.9. The second-order valence-corrected chi connectivity index (χ2v) is 6.70. The third kappa shape index (κ3) is 5.52. The lowest BCUT2D eigenvalue weighted by Gasteiger charge is -2.12. The lowest BCUT2D eigenvalue weighted by Crippen LogP contribution is -2.17. The highest BCUT2D eigenvalue weighted by Gasteiger charge is 2.29. The van der Waals surface area contributed by atoms with Gasteiger partial charge in [-0.3, -0.25) is 19.7 Å². The van der Waals surface area contributed by atoms with Gasteiger partial charge in [0.05, 0.1) is 17.1 Å². The van der Waals surface area contributed by atoms with Crippen molar-refractivity contribution in [2.75, 3.05) is 36.2 Å². The van der Waals surface area contributed by atoms with Gasteiger partial charge in [0.25, 0.3) is 11.6 Å². The van der Waals surface area contributed by atoms with E-state index in [1.54, 1.807) is 31.4 Å². The molecule has 0 saturated heterocycles. The molecule has 29 heavy (non-hydrogen) atoms. The Morgan fingerprint density at radius 2 is 1.76 bits per heavy atom. The van der Waals surface area contributed by atoms with E-state index in [-0.39, 0.29) is 23.1 Å². The minimum Gasteiger partial charge on any atom is -0.383 e. The maximum Gasteiger partial charge on any atom is 0.270 e. The van der Waals surface area contributed by atoms with E-state index in [4.69, 9.17) is 4.74 Å². The first-order valence-corrected chi connectivity index (χ1v) is 9.21. The molecule has 0 unspecified atom stereocenters. The number of rotatable bonds is 9. The van der Waals surface area contributed by atoms with Crippen LogP contribution < -0.4 is 16.0 Å². The van der Waals surface area contributed by atoms with Crippen LogP contribution in [0.25, 0.3) is 0 Å². The lowest BCUT2D eigenvalue weighted by atomic mass is 10.1. The summed E-state index contributed by atoms with van der Waals surface area (Å²) in [7, 11) is 1.56. The third-order valence-electron chi connectivity index (χ3n) is 4.44. The minimum absolute atomic E-state index is 0.00477. The van der Waals surface area contributed by atoms with Crippen molar-refractivity contribution >= 4 is 34.6 Å². The molecule has 1 aliphatic carbocycles. The fourth-order valence-electron chi connectivity index (χ4n) is 2.70. The van der Waals surface area contributed by atoms with E-state index < -0.39 is 10.8 Å². The molecule has 9 nitrogen and oxygen atoms in total. The Morgan fingerprint density at radius 3 is 2.34 bits per heavy atom. The number of nitrogens with one attached hydrogen (secondary N) is 3. The predicted octanol–water partition coefficient (Wildman–Crippen LogP) is 3.25. The number of nitrogens with zero attached hydrogens (tertiary/aromatic N) is 1. The normalized spacial score (nSPS) is 12.9. The fraction of sp³-hybridized carbons (Fsp3) is 0.300. The van der Waals surface area contributed by atoms with Gasteiger partial charge in [0, 0.05) is 48.8 Å². The van der Waals surface area contributed by atoms with E-state index in [1.807, 2.05) is 0 Å². The van der Waals surface area contributed by atoms with Crippen molar-refractivity contribution in [2.24, 2.45) is 5.92 Å². The monoisotopic (exact) mass is 398 g/mol. The SMILES string of the molecule is COCCNc1ccc([N+](=O)[O-])cc1C(=O)Nc1ccc(NC(=O)C2CC2)cc1. The average Bonchev–Trinajstić information content (AvgIpc) is 3.55. The summed E-state index contributed by atoms with van der Waals surface area (Å²) >= 11 is 0. The highest BCUT2D eigenvalue weighted by Crippen LogP contribution is 2.30.